The molecule has 0 atom stereocenters. The summed E-state index contributed by atoms with van der Waals surface area (Å²) >= 11 is 11.4. The number of aromatic nitrogens is 3. The first-order valence-corrected chi connectivity index (χ1v) is 5.85. The first-order chi connectivity index (χ1) is 7.63. The molecule has 1 heterocycles. The summed E-state index contributed by atoms with van der Waals surface area (Å²) in [5.41, 5.74) is -0.339. The Hall–Kier alpha value is -0.650. The molecule has 1 aromatic rings. The Morgan fingerprint density at radius 3 is 2.19 bits per heavy atom. The third-order valence-corrected chi connectivity index (χ3v) is 3.16. The van der Waals surface area contributed by atoms with E-state index in [0.29, 0.717) is 5.95 Å². The van der Waals surface area contributed by atoms with Crippen molar-refractivity contribution in [1.82, 2.24) is 15.0 Å². The minimum Gasteiger partial charge on any atom is -0.394 e. The second-order valence-corrected chi connectivity index (χ2v) is 4.64. The average molecular weight is 263 g/mol. The third-order valence-electron chi connectivity index (χ3n) is 2.82. The minimum atomic E-state index is -0.339. The van der Waals surface area contributed by atoms with Gasteiger partial charge in [-0.15, -0.1) is 0 Å². The van der Waals surface area contributed by atoms with Gasteiger partial charge in [0.2, 0.25) is 16.5 Å². The Morgan fingerprint density at radius 1 is 1.12 bits per heavy atom. The van der Waals surface area contributed by atoms with Crippen LogP contribution in [0.15, 0.2) is 0 Å². The Morgan fingerprint density at radius 2 is 1.69 bits per heavy atom. The quantitative estimate of drug-likeness (QED) is 0.871. The van der Waals surface area contributed by atoms with Crippen LogP contribution in [0, 0.1) is 0 Å². The molecular formula is C9H12Cl2N4O. The molecule has 1 aliphatic rings. The molecule has 16 heavy (non-hydrogen) atoms. The molecule has 2 rings (SSSR count). The molecule has 0 aromatic carbocycles. The monoisotopic (exact) mass is 262 g/mol. The van der Waals surface area contributed by atoms with Crippen LogP contribution < -0.4 is 5.32 Å². The normalized spacial score (nSPS) is 18.7. The van der Waals surface area contributed by atoms with Crippen molar-refractivity contribution >= 4 is 29.2 Å². The Kier molecular flexibility index (Phi) is 3.47. The highest BCUT2D eigenvalue weighted by molar-refractivity contribution is 6.31. The number of rotatable bonds is 3. The number of aliphatic hydroxyl groups excluding tert-OH is 1. The fourth-order valence-electron chi connectivity index (χ4n) is 1.99. The summed E-state index contributed by atoms with van der Waals surface area (Å²) < 4.78 is 0. The van der Waals surface area contributed by atoms with Crippen LogP contribution in [0.5, 0.6) is 0 Å². The van der Waals surface area contributed by atoms with E-state index < -0.39 is 0 Å². The first-order valence-electron chi connectivity index (χ1n) is 5.10. The van der Waals surface area contributed by atoms with Crippen LogP contribution in [0.2, 0.25) is 10.6 Å². The van der Waals surface area contributed by atoms with Gasteiger partial charge in [-0.25, -0.2) is 0 Å². The summed E-state index contributed by atoms with van der Waals surface area (Å²) in [4.78, 5) is 11.5. The fraction of sp³-hybridized carbons (Fsp3) is 0.667. The smallest absolute Gasteiger partial charge is 0.228 e. The summed E-state index contributed by atoms with van der Waals surface area (Å²) in [7, 11) is 0. The first kappa shape index (κ1) is 11.8. The Balaban J connectivity index is 2.18. The fourth-order valence-corrected chi connectivity index (χ4v) is 2.36. The molecule has 5 nitrogen and oxygen atoms in total. The van der Waals surface area contributed by atoms with Gasteiger partial charge in [0.05, 0.1) is 12.1 Å². The summed E-state index contributed by atoms with van der Waals surface area (Å²) in [5.74, 6) is 0.320. The summed E-state index contributed by atoms with van der Waals surface area (Å²) in [6, 6.07) is 0. The second kappa shape index (κ2) is 4.69. The van der Waals surface area contributed by atoms with Crippen molar-refractivity contribution in [3.8, 4) is 0 Å². The van der Waals surface area contributed by atoms with Gasteiger partial charge in [0.25, 0.3) is 0 Å². The van der Waals surface area contributed by atoms with E-state index in [1.54, 1.807) is 0 Å². The lowest BCUT2D eigenvalue weighted by Gasteiger charge is -2.27. The molecular weight excluding hydrogens is 251 g/mol. The topological polar surface area (TPSA) is 70.9 Å². The highest BCUT2D eigenvalue weighted by atomic mass is 35.5. The van der Waals surface area contributed by atoms with E-state index in [9.17, 15) is 5.11 Å². The zero-order valence-electron chi connectivity index (χ0n) is 8.58. The molecule has 2 N–H and O–H groups in total. The maximum absolute atomic E-state index is 9.42. The van der Waals surface area contributed by atoms with Crippen molar-refractivity contribution in [3.63, 3.8) is 0 Å². The van der Waals surface area contributed by atoms with E-state index in [-0.39, 0.29) is 22.7 Å². The lowest BCUT2D eigenvalue weighted by molar-refractivity contribution is 0.213. The number of hydrogen-bond donors (Lipinski definition) is 2. The van der Waals surface area contributed by atoms with E-state index in [4.69, 9.17) is 23.2 Å². The number of nitrogens with zero attached hydrogens (tertiary/aromatic N) is 3. The second-order valence-electron chi connectivity index (χ2n) is 3.97. The van der Waals surface area contributed by atoms with Gasteiger partial charge in [-0.3, -0.25) is 0 Å². The number of halogens is 2. The Bertz CT molecular complexity index is 362. The van der Waals surface area contributed by atoms with Gasteiger partial charge in [-0.2, -0.15) is 15.0 Å². The highest BCUT2D eigenvalue weighted by Crippen LogP contribution is 2.32. The van der Waals surface area contributed by atoms with Crippen LogP contribution in [0.25, 0.3) is 0 Å². The van der Waals surface area contributed by atoms with Crippen LogP contribution in [-0.4, -0.2) is 32.2 Å². The summed E-state index contributed by atoms with van der Waals surface area (Å²) in [6.45, 7) is 0.0495. The zero-order chi connectivity index (χ0) is 11.6. The van der Waals surface area contributed by atoms with Crippen molar-refractivity contribution in [2.45, 2.75) is 31.2 Å². The maximum atomic E-state index is 9.42. The van der Waals surface area contributed by atoms with Crippen molar-refractivity contribution in [1.29, 1.82) is 0 Å². The van der Waals surface area contributed by atoms with Gasteiger partial charge in [0.1, 0.15) is 0 Å². The van der Waals surface area contributed by atoms with Gasteiger partial charge in [0.15, 0.2) is 0 Å². The van der Waals surface area contributed by atoms with Gasteiger partial charge in [-0.05, 0) is 36.0 Å². The predicted molar refractivity (Wildman–Crippen MR) is 61.8 cm³/mol. The molecule has 1 aliphatic carbocycles. The molecule has 1 saturated carbocycles. The molecule has 88 valence electrons. The van der Waals surface area contributed by atoms with Crippen molar-refractivity contribution in [2.24, 2.45) is 0 Å². The minimum absolute atomic E-state index is 0.0495. The highest BCUT2D eigenvalue weighted by Gasteiger charge is 2.33. The van der Waals surface area contributed by atoms with E-state index in [1.807, 2.05) is 0 Å². The number of hydrogen-bond acceptors (Lipinski definition) is 5. The molecule has 0 aliphatic heterocycles. The molecule has 0 saturated heterocycles. The van der Waals surface area contributed by atoms with Gasteiger partial charge in [-0.1, -0.05) is 12.8 Å². The third kappa shape index (κ3) is 2.53. The molecule has 7 heteroatoms. The van der Waals surface area contributed by atoms with Crippen LogP contribution in [0.3, 0.4) is 0 Å². The van der Waals surface area contributed by atoms with Crippen molar-refractivity contribution in [3.05, 3.63) is 10.6 Å². The van der Waals surface area contributed by atoms with E-state index in [1.165, 1.54) is 0 Å². The van der Waals surface area contributed by atoms with Crippen LogP contribution in [0.4, 0.5) is 5.95 Å². The largest absolute Gasteiger partial charge is 0.394 e. The van der Waals surface area contributed by atoms with Gasteiger partial charge >= 0.3 is 0 Å². The number of anilines is 1. The van der Waals surface area contributed by atoms with E-state index >= 15 is 0 Å². The predicted octanol–water partition coefficient (Wildman–Crippen LogP) is 1.90. The lowest BCUT2D eigenvalue weighted by Crippen LogP contribution is -2.39. The SMILES string of the molecule is OCC1(Nc2nc(Cl)nc(Cl)n2)CCCC1. The van der Waals surface area contributed by atoms with Crippen LogP contribution >= 0.6 is 23.2 Å². The van der Waals surface area contributed by atoms with Crippen molar-refractivity contribution < 1.29 is 5.11 Å². The number of aliphatic hydroxyl groups is 1. The van der Waals surface area contributed by atoms with Gasteiger partial charge in [0, 0.05) is 0 Å². The van der Waals surface area contributed by atoms with Gasteiger partial charge < -0.3 is 10.4 Å². The van der Waals surface area contributed by atoms with Crippen LogP contribution in [-0.2, 0) is 0 Å². The van der Waals surface area contributed by atoms with E-state index in [0.717, 1.165) is 25.7 Å². The lowest BCUT2D eigenvalue weighted by atomic mass is 9.99. The zero-order valence-corrected chi connectivity index (χ0v) is 10.1. The summed E-state index contributed by atoms with van der Waals surface area (Å²) in [5, 5.41) is 12.6. The molecule has 0 spiro atoms. The molecule has 0 radical (unpaired) electrons. The Labute approximate surface area is 103 Å². The van der Waals surface area contributed by atoms with Crippen LogP contribution in [0.1, 0.15) is 25.7 Å². The average Bonchev–Trinajstić information content (AvgIpc) is 2.65. The summed E-state index contributed by atoms with van der Waals surface area (Å²) in [6.07, 6.45) is 3.95. The molecule has 1 aromatic heterocycles. The van der Waals surface area contributed by atoms with E-state index in [2.05, 4.69) is 20.3 Å². The molecule has 0 amide bonds. The number of nitrogens with one attached hydrogen (secondary N) is 1. The van der Waals surface area contributed by atoms with Crippen molar-refractivity contribution in [2.75, 3.05) is 11.9 Å². The molecule has 1 fully saturated rings. The molecule has 0 bridgehead atoms. The standard InChI is InChI=1S/C9H12Cl2N4O/c10-6-12-7(11)14-8(13-6)15-9(5-16)3-1-2-4-9/h16H,1-5H2,(H,12,13,14,15). The molecule has 0 unspecified atom stereocenters. The maximum Gasteiger partial charge on any atom is 0.228 e.